The summed E-state index contributed by atoms with van der Waals surface area (Å²) in [4.78, 5) is 25.2. The summed E-state index contributed by atoms with van der Waals surface area (Å²) >= 11 is 0. The van der Waals surface area contributed by atoms with E-state index in [0.717, 1.165) is 11.3 Å². The second kappa shape index (κ2) is 7.79. The molecule has 1 atom stereocenters. The maximum atomic E-state index is 12.8. The monoisotopic (exact) mass is 391 g/mol. The third-order valence-electron chi connectivity index (χ3n) is 4.74. The van der Waals surface area contributed by atoms with Gasteiger partial charge in [-0.1, -0.05) is 24.3 Å². The number of fused-ring (bicyclic) bond motifs is 1. The average molecular weight is 391 g/mol. The molecule has 2 aromatic carbocycles. The van der Waals surface area contributed by atoms with Gasteiger partial charge in [-0.3, -0.25) is 9.59 Å². The van der Waals surface area contributed by atoms with Crippen LogP contribution in [0.15, 0.2) is 59.4 Å². The maximum Gasteiger partial charge on any atom is 0.276 e. The Balaban J connectivity index is 1.59. The SMILES string of the molecule is Cc1cc(=O)c(C(=O)NC(C)c2ccc3c(c2)OCCO3)nn1-c1ccccc1. The molecule has 2 heterocycles. The molecule has 0 saturated heterocycles. The Morgan fingerprint density at radius 3 is 2.55 bits per heavy atom. The highest BCUT2D eigenvalue weighted by molar-refractivity contribution is 5.92. The minimum Gasteiger partial charge on any atom is -0.486 e. The molecule has 0 radical (unpaired) electrons. The van der Waals surface area contributed by atoms with Gasteiger partial charge in [0, 0.05) is 11.8 Å². The highest BCUT2D eigenvalue weighted by Crippen LogP contribution is 2.32. The lowest BCUT2D eigenvalue weighted by Crippen LogP contribution is -2.33. The fourth-order valence-corrected chi connectivity index (χ4v) is 3.21. The van der Waals surface area contributed by atoms with Crippen molar-refractivity contribution < 1.29 is 14.3 Å². The molecular formula is C22H21N3O4. The molecule has 29 heavy (non-hydrogen) atoms. The van der Waals surface area contributed by atoms with E-state index in [9.17, 15) is 9.59 Å². The van der Waals surface area contributed by atoms with Crippen LogP contribution in [0, 0.1) is 6.92 Å². The molecule has 7 heteroatoms. The second-order valence-corrected chi connectivity index (χ2v) is 6.84. The zero-order valence-electron chi connectivity index (χ0n) is 16.2. The number of hydrogen-bond donors (Lipinski definition) is 1. The Hall–Kier alpha value is -3.61. The van der Waals surface area contributed by atoms with E-state index in [4.69, 9.17) is 9.47 Å². The van der Waals surface area contributed by atoms with Crippen molar-refractivity contribution in [3.05, 3.63) is 81.8 Å². The lowest BCUT2D eigenvalue weighted by Gasteiger charge is -2.21. The normalized spacial score (nSPS) is 13.6. The van der Waals surface area contributed by atoms with Crippen LogP contribution >= 0.6 is 0 Å². The number of amides is 1. The van der Waals surface area contributed by atoms with Gasteiger partial charge in [-0.05, 0) is 43.7 Å². The number of para-hydroxylation sites is 1. The van der Waals surface area contributed by atoms with Gasteiger partial charge in [0.25, 0.3) is 5.91 Å². The van der Waals surface area contributed by atoms with Gasteiger partial charge in [0.15, 0.2) is 17.2 Å². The summed E-state index contributed by atoms with van der Waals surface area (Å²) in [6.07, 6.45) is 0. The first kappa shape index (κ1) is 18.7. The van der Waals surface area contributed by atoms with E-state index in [1.807, 2.05) is 55.5 Å². The van der Waals surface area contributed by atoms with Crippen molar-refractivity contribution >= 4 is 5.91 Å². The number of nitrogens with zero attached hydrogens (tertiary/aromatic N) is 2. The quantitative estimate of drug-likeness (QED) is 0.740. The first-order valence-electron chi connectivity index (χ1n) is 9.40. The highest BCUT2D eigenvalue weighted by Gasteiger charge is 2.20. The molecule has 0 bridgehead atoms. The number of benzene rings is 2. The Morgan fingerprint density at radius 2 is 1.79 bits per heavy atom. The number of ether oxygens (including phenoxy) is 2. The number of nitrogens with one attached hydrogen (secondary N) is 1. The third kappa shape index (κ3) is 3.85. The van der Waals surface area contributed by atoms with Gasteiger partial charge in [-0.15, -0.1) is 0 Å². The van der Waals surface area contributed by atoms with Crippen molar-refractivity contribution in [2.24, 2.45) is 0 Å². The number of aryl methyl sites for hydroxylation is 1. The summed E-state index contributed by atoms with van der Waals surface area (Å²) in [5.74, 6) is 0.807. The van der Waals surface area contributed by atoms with E-state index in [-0.39, 0.29) is 11.7 Å². The van der Waals surface area contributed by atoms with Crippen molar-refractivity contribution in [2.75, 3.05) is 13.2 Å². The zero-order chi connectivity index (χ0) is 20.4. The topological polar surface area (TPSA) is 82.5 Å². The molecular weight excluding hydrogens is 370 g/mol. The molecule has 1 aromatic heterocycles. The summed E-state index contributed by atoms with van der Waals surface area (Å²) in [6.45, 7) is 4.63. The molecule has 0 fully saturated rings. The van der Waals surface area contributed by atoms with Gasteiger partial charge < -0.3 is 14.8 Å². The fourth-order valence-electron chi connectivity index (χ4n) is 3.21. The van der Waals surface area contributed by atoms with Crippen LogP contribution in [0.2, 0.25) is 0 Å². The number of hydrogen-bond acceptors (Lipinski definition) is 5. The first-order valence-corrected chi connectivity index (χ1v) is 9.40. The molecule has 1 unspecified atom stereocenters. The predicted molar refractivity (Wildman–Crippen MR) is 108 cm³/mol. The summed E-state index contributed by atoms with van der Waals surface area (Å²) in [5.41, 5.74) is 1.71. The zero-order valence-corrected chi connectivity index (χ0v) is 16.2. The molecule has 0 saturated carbocycles. The van der Waals surface area contributed by atoms with Gasteiger partial charge in [0.2, 0.25) is 5.43 Å². The van der Waals surface area contributed by atoms with E-state index in [1.54, 1.807) is 11.6 Å². The number of carbonyl (C=O) groups excluding carboxylic acids is 1. The molecule has 148 valence electrons. The van der Waals surface area contributed by atoms with Crippen molar-refractivity contribution in [1.82, 2.24) is 15.1 Å². The summed E-state index contributed by atoms with van der Waals surface area (Å²) in [6, 6.07) is 16.0. The van der Waals surface area contributed by atoms with E-state index >= 15 is 0 Å². The van der Waals surface area contributed by atoms with Crippen LogP contribution in [-0.4, -0.2) is 28.9 Å². The molecule has 7 nitrogen and oxygen atoms in total. The summed E-state index contributed by atoms with van der Waals surface area (Å²) in [7, 11) is 0. The summed E-state index contributed by atoms with van der Waals surface area (Å²) < 4.78 is 12.7. The van der Waals surface area contributed by atoms with Gasteiger partial charge >= 0.3 is 0 Å². The fraction of sp³-hybridized carbons (Fsp3) is 0.227. The van der Waals surface area contributed by atoms with E-state index in [2.05, 4.69) is 10.4 Å². The molecule has 4 rings (SSSR count). The van der Waals surface area contributed by atoms with Crippen molar-refractivity contribution in [3.8, 4) is 17.2 Å². The van der Waals surface area contributed by atoms with Gasteiger partial charge in [-0.25, -0.2) is 4.68 Å². The molecule has 1 N–H and O–H groups in total. The van der Waals surface area contributed by atoms with Gasteiger partial charge in [0.1, 0.15) is 13.2 Å². The largest absolute Gasteiger partial charge is 0.486 e. The predicted octanol–water partition coefficient (Wildman–Crippen LogP) is 2.80. The number of rotatable bonds is 4. The first-order chi connectivity index (χ1) is 14.0. The molecule has 0 aliphatic carbocycles. The van der Waals surface area contributed by atoms with Crippen LogP contribution in [0.25, 0.3) is 5.69 Å². The van der Waals surface area contributed by atoms with Crippen molar-refractivity contribution in [3.63, 3.8) is 0 Å². The van der Waals surface area contributed by atoms with Crippen LogP contribution in [0.4, 0.5) is 0 Å². The van der Waals surface area contributed by atoms with Crippen LogP contribution in [0.1, 0.15) is 34.7 Å². The Bertz CT molecular complexity index is 1110. The van der Waals surface area contributed by atoms with Crippen LogP contribution in [0.5, 0.6) is 11.5 Å². The lowest BCUT2D eigenvalue weighted by atomic mass is 10.1. The smallest absolute Gasteiger partial charge is 0.276 e. The third-order valence-corrected chi connectivity index (χ3v) is 4.74. The highest BCUT2D eigenvalue weighted by atomic mass is 16.6. The van der Waals surface area contributed by atoms with Crippen LogP contribution < -0.4 is 20.2 Å². The minimum atomic E-state index is -0.526. The number of carbonyl (C=O) groups is 1. The second-order valence-electron chi connectivity index (χ2n) is 6.84. The minimum absolute atomic E-state index is 0.149. The Kier molecular flexibility index (Phi) is 5.03. The molecule has 3 aromatic rings. The van der Waals surface area contributed by atoms with Crippen molar-refractivity contribution in [2.45, 2.75) is 19.9 Å². The summed E-state index contributed by atoms with van der Waals surface area (Å²) in [5, 5.41) is 7.15. The van der Waals surface area contributed by atoms with Gasteiger partial charge in [0.05, 0.1) is 11.7 Å². The van der Waals surface area contributed by atoms with Crippen molar-refractivity contribution in [1.29, 1.82) is 0 Å². The maximum absolute atomic E-state index is 12.8. The van der Waals surface area contributed by atoms with E-state index in [0.29, 0.717) is 30.4 Å². The van der Waals surface area contributed by atoms with E-state index < -0.39 is 11.3 Å². The standard InChI is InChI=1S/C22H21N3O4/c1-14-12-18(26)21(24-25(14)17-6-4-3-5-7-17)22(27)23-15(2)16-8-9-19-20(13-16)29-11-10-28-19/h3-9,12-13,15H,10-11H2,1-2H3,(H,23,27). The van der Waals surface area contributed by atoms with E-state index in [1.165, 1.54) is 6.07 Å². The molecule has 0 spiro atoms. The number of aromatic nitrogens is 2. The molecule has 1 aliphatic heterocycles. The lowest BCUT2D eigenvalue weighted by molar-refractivity contribution is 0.0931. The van der Waals surface area contributed by atoms with Crippen LogP contribution in [-0.2, 0) is 0 Å². The molecule has 1 amide bonds. The molecule has 1 aliphatic rings. The Morgan fingerprint density at radius 1 is 1.07 bits per heavy atom. The average Bonchev–Trinajstić information content (AvgIpc) is 2.74. The van der Waals surface area contributed by atoms with Gasteiger partial charge in [-0.2, -0.15) is 5.10 Å². The Labute approximate surface area is 167 Å². The van der Waals surface area contributed by atoms with Crippen LogP contribution in [0.3, 0.4) is 0 Å².